The van der Waals surface area contributed by atoms with E-state index in [-0.39, 0.29) is 0 Å². The molecule has 11 aromatic rings. The van der Waals surface area contributed by atoms with E-state index in [4.69, 9.17) is 0 Å². The molecule has 0 N–H and O–H groups in total. The van der Waals surface area contributed by atoms with E-state index >= 15 is 0 Å². The van der Waals surface area contributed by atoms with E-state index in [1.54, 1.807) is 0 Å². The molecule has 1 aliphatic carbocycles. The fourth-order valence-electron chi connectivity index (χ4n) is 9.92. The summed E-state index contributed by atoms with van der Waals surface area (Å²) in [4.78, 5) is 2.45. The Morgan fingerprint density at radius 3 is 1.69 bits per heavy atom. The van der Waals surface area contributed by atoms with Gasteiger partial charge in [-0.3, -0.25) is 0 Å². The molecule has 0 fully saturated rings. The van der Waals surface area contributed by atoms with E-state index in [9.17, 15) is 0 Å². The Hall–Kier alpha value is -7.52. The van der Waals surface area contributed by atoms with Crippen LogP contribution in [0.2, 0.25) is 0 Å². The molecule has 0 amide bonds. The molecule has 0 saturated carbocycles. The molecule has 0 bridgehead atoms. The van der Waals surface area contributed by atoms with Crippen molar-refractivity contribution in [2.75, 3.05) is 4.90 Å². The second-order valence-corrected chi connectivity index (χ2v) is 17.1. The second-order valence-electron chi connectivity index (χ2n) is 16.1. The van der Waals surface area contributed by atoms with Crippen molar-refractivity contribution < 1.29 is 0 Å². The molecule has 1 heterocycles. The van der Waals surface area contributed by atoms with Crippen LogP contribution in [-0.4, -0.2) is 0 Å². The van der Waals surface area contributed by atoms with E-state index in [1.165, 1.54) is 86.6 Å². The predicted octanol–water partition coefficient (Wildman–Crippen LogP) is 16.4. The van der Waals surface area contributed by atoms with Crippen LogP contribution in [0, 0.1) is 0 Å². The Labute approximate surface area is 360 Å². The van der Waals surface area contributed by atoms with Gasteiger partial charge in [-0.05, 0) is 121 Å². The van der Waals surface area contributed by atoms with Gasteiger partial charge in [0.05, 0.1) is 5.41 Å². The van der Waals surface area contributed by atoms with E-state index in [0.29, 0.717) is 0 Å². The molecule has 10 aromatic carbocycles. The smallest absolute Gasteiger partial charge is 0.0714 e. The highest BCUT2D eigenvalue weighted by atomic mass is 32.1. The number of hydrogen-bond acceptors (Lipinski definition) is 2. The minimum absolute atomic E-state index is 0.495. The molecule has 286 valence electrons. The van der Waals surface area contributed by atoms with Crippen molar-refractivity contribution in [2.45, 2.75) is 5.41 Å². The van der Waals surface area contributed by atoms with Crippen LogP contribution in [0.5, 0.6) is 0 Å². The van der Waals surface area contributed by atoms with Crippen LogP contribution in [0.25, 0.3) is 64.3 Å². The van der Waals surface area contributed by atoms with Crippen molar-refractivity contribution >= 4 is 59.3 Å². The number of rotatable bonds is 7. The highest BCUT2D eigenvalue weighted by Gasteiger charge is 2.46. The lowest BCUT2D eigenvalue weighted by Crippen LogP contribution is -2.28. The van der Waals surface area contributed by atoms with Gasteiger partial charge in [-0.25, -0.2) is 0 Å². The minimum atomic E-state index is -0.495. The molecule has 0 spiro atoms. The Morgan fingerprint density at radius 2 is 0.885 bits per heavy atom. The van der Waals surface area contributed by atoms with E-state index in [1.807, 2.05) is 11.3 Å². The van der Waals surface area contributed by atoms with Gasteiger partial charge in [-0.15, -0.1) is 11.3 Å². The summed E-state index contributed by atoms with van der Waals surface area (Å²) >= 11 is 1.86. The maximum Gasteiger partial charge on any atom is 0.0714 e. The molecule has 0 radical (unpaired) electrons. The quantitative estimate of drug-likeness (QED) is 0.155. The largest absolute Gasteiger partial charge is 0.310 e. The Balaban J connectivity index is 1.03. The van der Waals surface area contributed by atoms with Crippen molar-refractivity contribution in [1.82, 2.24) is 0 Å². The van der Waals surface area contributed by atoms with Gasteiger partial charge in [0, 0.05) is 37.2 Å². The lowest BCUT2D eigenvalue weighted by molar-refractivity contribution is 0.768. The van der Waals surface area contributed by atoms with E-state index < -0.39 is 5.41 Å². The van der Waals surface area contributed by atoms with Gasteiger partial charge in [0.1, 0.15) is 0 Å². The lowest BCUT2D eigenvalue weighted by Gasteiger charge is -2.35. The summed E-state index contributed by atoms with van der Waals surface area (Å²) in [5.41, 5.74) is 15.4. The van der Waals surface area contributed by atoms with E-state index in [2.05, 4.69) is 241 Å². The summed E-state index contributed by atoms with van der Waals surface area (Å²) in [5.74, 6) is 0. The van der Waals surface area contributed by atoms with Gasteiger partial charge in [-0.2, -0.15) is 0 Å². The molecular weight excluding hydrogens is 755 g/mol. The average Bonchev–Trinajstić information content (AvgIpc) is 3.85. The summed E-state index contributed by atoms with van der Waals surface area (Å²) in [6.07, 6.45) is 0. The molecule has 1 aromatic heterocycles. The van der Waals surface area contributed by atoms with Gasteiger partial charge < -0.3 is 4.90 Å². The Bertz CT molecular complexity index is 3380. The number of nitrogens with zero attached hydrogens (tertiary/aromatic N) is 1. The van der Waals surface area contributed by atoms with Crippen molar-refractivity contribution in [1.29, 1.82) is 0 Å². The van der Waals surface area contributed by atoms with Crippen LogP contribution < -0.4 is 4.90 Å². The minimum Gasteiger partial charge on any atom is -0.310 e. The molecule has 0 atom stereocenters. The maximum absolute atomic E-state index is 2.46. The SMILES string of the molecule is c1ccc(C2(c3ccccc3)c3ccccc3-c3ccc(N(c4ccc(-c5cccc(-c6ccc7ccccc7c6)c5)cc4)c4ccc5c(c4)sc4ccccc45)cc32)cc1. The molecule has 2 heteroatoms. The number of benzene rings is 10. The average molecular weight is 794 g/mol. The summed E-state index contributed by atoms with van der Waals surface area (Å²) in [6, 6.07) is 87.4. The molecule has 0 saturated heterocycles. The summed E-state index contributed by atoms with van der Waals surface area (Å²) < 4.78 is 2.59. The van der Waals surface area contributed by atoms with Crippen molar-refractivity contribution in [2.24, 2.45) is 0 Å². The highest BCUT2D eigenvalue weighted by molar-refractivity contribution is 7.25. The first-order chi connectivity index (χ1) is 30.2. The molecule has 0 aliphatic heterocycles. The highest BCUT2D eigenvalue weighted by Crippen LogP contribution is 2.57. The third-order valence-electron chi connectivity index (χ3n) is 12.7. The van der Waals surface area contributed by atoms with Crippen LogP contribution in [-0.2, 0) is 5.41 Å². The van der Waals surface area contributed by atoms with Crippen LogP contribution in [0.1, 0.15) is 22.3 Å². The Morgan fingerprint density at radius 1 is 0.311 bits per heavy atom. The molecule has 1 aliphatic rings. The van der Waals surface area contributed by atoms with Crippen LogP contribution in [0.3, 0.4) is 0 Å². The van der Waals surface area contributed by atoms with Crippen molar-refractivity contribution in [3.63, 3.8) is 0 Å². The summed E-state index contributed by atoms with van der Waals surface area (Å²) in [5, 5.41) is 5.11. The standard InChI is InChI=1S/C59H39NS/c1-3-18-46(19-4-1)59(47-20-5-2-6-21-47)55-24-11-9-22-51(55)52-34-32-49(38-56(52)59)60(50-33-35-54-53-23-10-12-25-57(53)61-58(54)39-50)48-30-28-41(29-31-48)43-16-13-17-44(36-43)45-27-26-40-14-7-8-15-42(40)37-45/h1-39H. The third kappa shape index (κ3) is 5.75. The first-order valence-corrected chi connectivity index (χ1v) is 21.8. The Kier molecular flexibility index (Phi) is 8.33. The molecule has 0 unspecified atom stereocenters. The van der Waals surface area contributed by atoms with Gasteiger partial charge >= 0.3 is 0 Å². The van der Waals surface area contributed by atoms with Crippen molar-refractivity contribution in [3.8, 4) is 33.4 Å². The molecule has 1 nitrogen and oxygen atoms in total. The van der Waals surface area contributed by atoms with Gasteiger partial charge in [-0.1, -0.05) is 182 Å². The molecule has 12 rings (SSSR count). The monoisotopic (exact) mass is 793 g/mol. The second kappa shape index (κ2) is 14.3. The normalized spacial score (nSPS) is 12.7. The predicted molar refractivity (Wildman–Crippen MR) is 260 cm³/mol. The summed E-state index contributed by atoms with van der Waals surface area (Å²) in [7, 11) is 0. The number of fused-ring (bicyclic) bond motifs is 7. The zero-order chi connectivity index (χ0) is 40.3. The summed E-state index contributed by atoms with van der Waals surface area (Å²) in [6.45, 7) is 0. The van der Waals surface area contributed by atoms with Crippen LogP contribution in [0.15, 0.2) is 237 Å². The molecule has 61 heavy (non-hydrogen) atoms. The van der Waals surface area contributed by atoms with Gasteiger partial charge in [0.2, 0.25) is 0 Å². The topological polar surface area (TPSA) is 3.24 Å². The van der Waals surface area contributed by atoms with E-state index in [0.717, 1.165) is 17.1 Å². The first kappa shape index (κ1) is 35.4. The van der Waals surface area contributed by atoms with Crippen LogP contribution >= 0.6 is 11.3 Å². The fourth-order valence-corrected chi connectivity index (χ4v) is 11.1. The maximum atomic E-state index is 2.46. The zero-order valence-electron chi connectivity index (χ0n) is 33.4. The fraction of sp³-hybridized carbons (Fsp3) is 0.0169. The number of hydrogen-bond donors (Lipinski definition) is 0. The first-order valence-electron chi connectivity index (χ1n) is 21.0. The third-order valence-corrected chi connectivity index (χ3v) is 13.9. The molecular formula is C59H39NS. The lowest BCUT2D eigenvalue weighted by atomic mass is 9.67. The number of thiophene rings is 1. The zero-order valence-corrected chi connectivity index (χ0v) is 34.2. The van der Waals surface area contributed by atoms with Gasteiger partial charge in [0.25, 0.3) is 0 Å². The van der Waals surface area contributed by atoms with Crippen molar-refractivity contribution in [3.05, 3.63) is 259 Å². The number of anilines is 3. The van der Waals surface area contributed by atoms with Crippen LogP contribution in [0.4, 0.5) is 17.1 Å². The van der Waals surface area contributed by atoms with Gasteiger partial charge in [0.15, 0.2) is 0 Å².